The summed E-state index contributed by atoms with van der Waals surface area (Å²) in [5.41, 5.74) is 3.64. The van der Waals surface area contributed by atoms with Crippen molar-refractivity contribution >= 4 is 44.4 Å². The van der Waals surface area contributed by atoms with Gasteiger partial charge in [-0.3, -0.25) is 9.59 Å². The van der Waals surface area contributed by atoms with Crippen LogP contribution in [0.3, 0.4) is 0 Å². The molecule has 0 spiro atoms. The van der Waals surface area contributed by atoms with Gasteiger partial charge in [-0.15, -0.1) is 0 Å². The van der Waals surface area contributed by atoms with E-state index in [0.717, 1.165) is 18.4 Å². The van der Waals surface area contributed by atoms with Gasteiger partial charge < -0.3 is 38.9 Å². The van der Waals surface area contributed by atoms with E-state index < -0.39 is 33.4 Å². The number of nitrogens with one attached hydrogen (secondary N) is 2. The highest BCUT2D eigenvalue weighted by atomic mass is 32.2. The van der Waals surface area contributed by atoms with Crippen LogP contribution in [0.25, 0.3) is 28.1 Å². The Morgan fingerprint density at radius 2 is 1.55 bits per heavy atom. The van der Waals surface area contributed by atoms with E-state index >= 15 is 0 Å². The Morgan fingerprint density at radius 1 is 0.891 bits per heavy atom. The number of halogens is 1. The third-order valence-corrected chi connectivity index (χ3v) is 9.86. The van der Waals surface area contributed by atoms with E-state index in [0.29, 0.717) is 65.7 Å². The van der Waals surface area contributed by atoms with Gasteiger partial charge in [-0.2, -0.15) is 0 Å². The minimum absolute atomic E-state index is 0.0648. The molecular weight excluding hydrogens is 739 g/mol. The van der Waals surface area contributed by atoms with Crippen molar-refractivity contribution in [3.05, 3.63) is 100 Å². The van der Waals surface area contributed by atoms with Gasteiger partial charge in [-0.05, 0) is 77.9 Å². The number of aliphatic hydroxyl groups excluding tert-OH is 1. The number of fused-ring (bicyclic) bond motifs is 1. The maximum atomic E-state index is 13.6. The second-order valence-corrected chi connectivity index (χ2v) is 14.5. The summed E-state index contributed by atoms with van der Waals surface area (Å²) in [5, 5.41) is 21.9. The van der Waals surface area contributed by atoms with E-state index in [1.807, 2.05) is 6.07 Å². The molecular formula is C39H43FN2O12S. The first-order valence-electron chi connectivity index (χ1n) is 17.6. The summed E-state index contributed by atoms with van der Waals surface area (Å²) in [4.78, 5) is 34.9. The number of ether oxygens (including phenoxy) is 4. The predicted octanol–water partition coefficient (Wildman–Crippen LogP) is 4.71. The molecule has 0 saturated heterocycles. The monoisotopic (exact) mass is 782 g/mol. The van der Waals surface area contributed by atoms with Crippen LogP contribution >= 0.6 is 0 Å². The van der Waals surface area contributed by atoms with Gasteiger partial charge in [0.05, 0.1) is 64.2 Å². The minimum atomic E-state index is -3.75. The lowest BCUT2D eigenvalue weighted by atomic mass is 9.98. The average molecular weight is 783 g/mol. The predicted molar refractivity (Wildman–Crippen MR) is 199 cm³/mol. The maximum absolute atomic E-state index is 13.6. The lowest BCUT2D eigenvalue weighted by molar-refractivity contribution is -0.146. The van der Waals surface area contributed by atoms with Gasteiger partial charge in [0.2, 0.25) is 10.0 Å². The zero-order valence-corrected chi connectivity index (χ0v) is 31.0. The third kappa shape index (κ3) is 12.0. The molecule has 4 aromatic rings. The number of carboxylic acids is 1. The van der Waals surface area contributed by atoms with E-state index in [2.05, 4.69) is 10.0 Å². The number of sulfonamides is 1. The van der Waals surface area contributed by atoms with Crippen LogP contribution in [0.2, 0.25) is 0 Å². The van der Waals surface area contributed by atoms with E-state index in [1.165, 1.54) is 37.4 Å². The Balaban J connectivity index is 0.982. The standard InChI is InChI=1S/C39H43FN2O12S/c1-41-38(45)36-32-21-31(26-5-6-26)29(20-35(32)54-37(36)27-7-9-30(40)10-8-27)24-55(48,49)42-11-12-50-13-14-51-15-16-52-17-18-53-23-25-3-2-4-28(19-25)33(43)22-34(44)39(46)47/h2-4,7-10,19-22,26,42-43H,5-6,11-18,23-24H2,1H3,(H,41,45)(H,46,47)/b33-22-. The largest absolute Gasteiger partial charge is 0.507 e. The number of amides is 1. The van der Waals surface area contributed by atoms with Crippen molar-refractivity contribution in [3.63, 3.8) is 0 Å². The highest BCUT2D eigenvalue weighted by Gasteiger charge is 2.31. The number of hydrogen-bond donors (Lipinski definition) is 4. The number of rotatable bonds is 23. The molecule has 1 aliphatic rings. The van der Waals surface area contributed by atoms with Gasteiger partial charge in [0.1, 0.15) is 22.9 Å². The molecule has 0 bridgehead atoms. The number of ketones is 1. The van der Waals surface area contributed by atoms with Crippen molar-refractivity contribution in [1.82, 2.24) is 10.0 Å². The molecule has 0 radical (unpaired) electrons. The molecule has 294 valence electrons. The van der Waals surface area contributed by atoms with Crippen LogP contribution in [0.15, 0.2) is 71.2 Å². The van der Waals surface area contributed by atoms with Crippen LogP contribution in [0.5, 0.6) is 0 Å². The van der Waals surface area contributed by atoms with E-state index in [9.17, 15) is 32.3 Å². The molecule has 3 aromatic carbocycles. The number of benzene rings is 3. The Labute approximate surface area is 317 Å². The fourth-order valence-electron chi connectivity index (χ4n) is 5.72. The van der Waals surface area contributed by atoms with Gasteiger partial charge in [0.25, 0.3) is 11.7 Å². The van der Waals surface area contributed by atoms with Gasteiger partial charge in [-0.25, -0.2) is 22.3 Å². The highest BCUT2D eigenvalue weighted by Crippen LogP contribution is 2.45. The summed E-state index contributed by atoms with van der Waals surface area (Å²) in [6.45, 7) is 2.20. The van der Waals surface area contributed by atoms with Crippen LogP contribution in [-0.4, -0.2) is 96.1 Å². The molecule has 4 N–H and O–H groups in total. The Hall–Kier alpha value is -4.97. The number of carbonyl (C=O) groups is 3. The van der Waals surface area contributed by atoms with Crippen LogP contribution in [0.4, 0.5) is 4.39 Å². The molecule has 0 aliphatic heterocycles. The lowest BCUT2D eigenvalue weighted by Gasteiger charge is -2.12. The van der Waals surface area contributed by atoms with Crippen LogP contribution in [-0.2, 0) is 50.9 Å². The van der Waals surface area contributed by atoms with Gasteiger partial charge >= 0.3 is 5.97 Å². The van der Waals surface area contributed by atoms with Gasteiger partial charge in [0, 0.05) is 36.2 Å². The zero-order valence-electron chi connectivity index (χ0n) is 30.2. The maximum Gasteiger partial charge on any atom is 0.376 e. The van der Waals surface area contributed by atoms with Crippen molar-refractivity contribution in [2.24, 2.45) is 0 Å². The first kappa shape index (κ1) is 41.2. The molecule has 1 fully saturated rings. The van der Waals surface area contributed by atoms with Crippen LogP contribution in [0, 0.1) is 5.82 Å². The second kappa shape index (κ2) is 19.6. The molecule has 5 rings (SSSR count). The fraction of sp³-hybridized carbons (Fsp3) is 0.359. The Morgan fingerprint density at radius 3 is 2.18 bits per heavy atom. The average Bonchev–Trinajstić information content (AvgIpc) is 3.94. The summed E-state index contributed by atoms with van der Waals surface area (Å²) >= 11 is 0. The lowest BCUT2D eigenvalue weighted by Crippen LogP contribution is -2.29. The molecule has 0 unspecified atom stereocenters. The summed E-state index contributed by atoms with van der Waals surface area (Å²) in [6, 6.07) is 15.7. The molecule has 14 nitrogen and oxygen atoms in total. The smallest absolute Gasteiger partial charge is 0.376 e. The zero-order chi connectivity index (χ0) is 39.4. The number of furan rings is 1. The van der Waals surface area contributed by atoms with E-state index in [-0.39, 0.29) is 61.9 Å². The number of aliphatic carboxylic acids is 1. The van der Waals surface area contributed by atoms with E-state index in [1.54, 1.807) is 24.3 Å². The summed E-state index contributed by atoms with van der Waals surface area (Å²) in [5.74, 6) is -3.94. The molecule has 1 aliphatic carbocycles. The molecule has 1 heterocycles. The highest BCUT2D eigenvalue weighted by molar-refractivity contribution is 7.88. The van der Waals surface area contributed by atoms with Crippen molar-refractivity contribution in [3.8, 4) is 11.3 Å². The number of hydrogen-bond acceptors (Lipinski definition) is 11. The number of aliphatic hydroxyl groups is 1. The third-order valence-electron chi connectivity index (χ3n) is 8.53. The molecule has 55 heavy (non-hydrogen) atoms. The van der Waals surface area contributed by atoms with Gasteiger partial charge in [0.15, 0.2) is 0 Å². The van der Waals surface area contributed by atoms with Gasteiger partial charge in [-0.1, -0.05) is 18.2 Å². The summed E-state index contributed by atoms with van der Waals surface area (Å²) in [7, 11) is -2.23. The first-order chi connectivity index (χ1) is 26.5. The topological polar surface area (TPSA) is 200 Å². The van der Waals surface area contributed by atoms with E-state index in [4.69, 9.17) is 28.5 Å². The summed E-state index contributed by atoms with van der Waals surface area (Å²) < 4.78 is 70.5. The van der Waals surface area contributed by atoms with Crippen molar-refractivity contribution in [2.75, 3.05) is 59.8 Å². The Bertz CT molecular complexity index is 2110. The quantitative estimate of drug-likeness (QED) is 0.0350. The second-order valence-electron chi connectivity index (χ2n) is 12.7. The molecule has 1 amide bonds. The molecule has 16 heteroatoms. The van der Waals surface area contributed by atoms with Crippen molar-refractivity contribution in [2.45, 2.75) is 31.1 Å². The van der Waals surface area contributed by atoms with Crippen molar-refractivity contribution < 1.29 is 60.8 Å². The SMILES string of the molecule is CNC(=O)c1c(-c2ccc(F)cc2)oc2cc(CS(=O)(=O)NCCOCCOCCOCCOCc3cccc(/C(O)=C/C(=O)C(=O)O)c3)c(C3CC3)cc12. The summed E-state index contributed by atoms with van der Waals surface area (Å²) in [6.07, 6.45) is 2.47. The first-order valence-corrected chi connectivity index (χ1v) is 19.2. The molecule has 1 saturated carbocycles. The normalized spacial score (nSPS) is 13.3. The van der Waals surface area contributed by atoms with Crippen molar-refractivity contribution in [1.29, 1.82) is 0 Å². The van der Waals surface area contributed by atoms with Crippen LogP contribution < -0.4 is 10.0 Å². The fourth-order valence-corrected chi connectivity index (χ4v) is 6.88. The molecule has 0 atom stereocenters. The number of carboxylic acid groups (broad SMARTS) is 1. The minimum Gasteiger partial charge on any atom is -0.507 e. The van der Waals surface area contributed by atoms with Crippen LogP contribution in [0.1, 0.15) is 51.4 Å². The Kier molecular flexibility index (Phi) is 14.7. The number of carbonyl (C=O) groups excluding carboxylic acids is 2. The molecule has 1 aromatic heterocycles.